The van der Waals surface area contributed by atoms with Crippen molar-refractivity contribution in [3.63, 3.8) is 0 Å². The minimum absolute atomic E-state index is 0.0849. The second-order valence-corrected chi connectivity index (χ2v) is 6.16. The van der Waals surface area contributed by atoms with Gasteiger partial charge in [0, 0.05) is 13.1 Å². The summed E-state index contributed by atoms with van der Waals surface area (Å²) in [6, 6.07) is 5.88. The van der Waals surface area contributed by atoms with Gasteiger partial charge in [-0.3, -0.25) is 10.1 Å². The summed E-state index contributed by atoms with van der Waals surface area (Å²) >= 11 is 0. The third-order valence-corrected chi connectivity index (χ3v) is 4.15. The zero-order valence-corrected chi connectivity index (χ0v) is 13.8. The molecular formula is C16H19FN6O2. The average molecular weight is 346 g/mol. The summed E-state index contributed by atoms with van der Waals surface area (Å²) in [7, 11) is 0. The Morgan fingerprint density at radius 2 is 2.16 bits per heavy atom. The van der Waals surface area contributed by atoms with Gasteiger partial charge in [0.1, 0.15) is 5.82 Å². The molecule has 1 fully saturated rings. The number of anilines is 4. The molecule has 3 N–H and O–H groups in total. The minimum atomic E-state index is -0.666. The standard InChI is InChI=1S/C16H19FN6O2/c1-10-5-4-8-22(9-10)16-20-14(18)13(23(24)25)15(21-16)19-12-7-3-2-6-11(12)17/h2-3,6-7,10H,4-5,8-9H2,1H3,(H3,18,19,20,21)/t10-/m0/s1. The fourth-order valence-electron chi connectivity index (χ4n) is 2.93. The molecule has 8 nitrogen and oxygen atoms in total. The second-order valence-electron chi connectivity index (χ2n) is 6.16. The van der Waals surface area contributed by atoms with Crippen molar-refractivity contribution in [1.29, 1.82) is 0 Å². The van der Waals surface area contributed by atoms with E-state index in [1.54, 1.807) is 6.07 Å². The molecule has 0 radical (unpaired) electrons. The smallest absolute Gasteiger partial charge is 0.353 e. The molecule has 1 atom stereocenters. The summed E-state index contributed by atoms with van der Waals surface area (Å²) in [5.41, 5.74) is 5.43. The number of nitrogens with two attached hydrogens (primary N) is 1. The number of aromatic nitrogens is 2. The lowest BCUT2D eigenvalue weighted by molar-refractivity contribution is -0.383. The normalized spacial score (nSPS) is 17.4. The van der Waals surface area contributed by atoms with E-state index in [0.29, 0.717) is 11.9 Å². The molecule has 1 aliphatic rings. The third kappa shape index (κ3) is 3.59. The maximum Gasteiger partial charge on any atom is 0.353 e. The van der Waals surface area contributed by atoms with Crippen molar-refractivity contribution in [3.8, 4) is 0 Å². The summed E-state index contributed by atoms with van der Waals surface area (Å²) in [5.74, 6) is -0.116. The average Bonchev–Trinajstić information content (AvgIpc) is 2.56. The summed E-state index contributed by atoms with van der Waals surface area (Å²) < 4.78 is 13.9. The van der Waals surface area contributed by atoms with Crippen LogP contribution < -0.4 is 16.0 Å². The Labute approximate surface area is 144 Å². The van der Waals surface area contributed by atoms with Gasteiger partial charge in [-0.2, -0.15) is 9.97 Å². The molecule has 1 saturated heterocycles. The lowest BCUT2D eigenvalue weighted by atomic mass is 10.0. The van der Waals surface area contributed by atoms with Crippen LogP contribution in [0.4, 0.5) is 33.3 Å². The van der Waals surface area contributed by atoms with Gasteiger partial charge in [0.25, 0.3) is 0 Å². The number of halogens is 1. The van der Waals surface area contributed by atoms with E-state index in [-0.39, 0.29) is 17.3 Å². The van der Waals surface area contributed by atoms with Gasteiger partial charge in [-0.1, -0.05) is 19.1 Å². The van der Waals surface area contributed by atoms with Crippen molar-refractivity contribution in [2.24, 2.45) is 5.92 Å². The number of hydrogen-bond donors (Lipinski definition) is 2. The van der Waals surface area contributed by atoms with Crippen LogP contribution in [0.2, 0.25) is 0 Å². The van der Waals surface area contributed by atoms with Gasteiger partial charge in [0.05, 0.1) is 10.6 Å². The molecule has 1 aromatic carbocycles. The molecule has 2 heterocycles. The molecule has 0 unspecified atom stereocenters. The molecule has 9 heteroatoms. The van der Waals surface area contributed by atoms with E-state index in [1.807, 2.05) is 4.90 Å². The highest BCUT2D eigenvalue weighted by Gasteiger charge is 2.27. The number of piperidine rings is 1. The van der Waals surface area contributed by atoms with Crippen molar-refractivity contribution in [3.05, 3.63) is 40.2 Å². The van der Waals surface area contributed by atoms with Crippen LogP contribution in [0.25, 0.3) is 0 Å². The van der Waals surface area contributed by atoms with Gasteiger partial charge in [-0.05, 0) is 30.9 Å². The first kappa shape index (κ1) is 16.9. The van der Waals surface area contributed by atoms with Gasteiger partial charge < -0.3 is 16.0 Å². The number of nitro groups is 1. The maximum absolute atomic E-state index is 13.9. The van der Waals surface area contributed by atoms with Gasteiger partial charge in [0.2, 0.25) is 17.6 Å². The van der Waals surface area contributed by atoms with E-state index < -0.39 is 16.4 Å². The summed E-state index contributed by atoms with van der Waals surface area (Å²) in [5, 5.41) is 14.0. The number of rotatable bonds is 4. The monoisotopic (exact) mass is 346 g/mol. The van der Waals surface area contributed by atoms with Crippen LogP contribution in [0.15, 0.2) is 24.3 Å². The van der Waals surface area contributed by atoms with Gasteiger partial charge in [-0.15, -0.1) is 0 Å². The number of para-hydroxylation sites is 1. The van der Waals surface area contributed by atoms with E-state index in [9.17, 15) is 14.5 Å². The summed E-state index contributed by atoms with van der Waals surface area (Å²) in [6.07, 6.45) is 2.09. The molecular weight excluding hydrogens is 327 g/mol. The molecule has 1 aromatic heterocycles. The Morgan fingerprint density at radius 3 is 2.84 bits per heavy atom. The molecule has 0 saturated carbocycles. The summed E-state index contributed by atoms with van der Waals surface area (Å²) in [4.78, 5) is 21.0. The topological polar surface area (TPSA) is 110 Å². The zero-order chi connectivity index (χ0) is 18.0. The van der Waals surface area contributed by atoms with E-state index in [2.05, 4.69) is 22.2 Å². The van der Waals surface area contributed by atoms with E-state index in [4.69, 9.17) is 5.73 Å². The molecule has 0 aliphatic carbocycles. The number of hydrogen-bond acceptors (Lipinski definition) is 7. The molecule has 0 spiro atoms. The van der Waals surface area contributed by atoms with Crippen LogP contribution in [0.5, 0.6) is 0 Å². The van der Waals surface area contributed by atoms with Crippen LogP contribution in [-0.4, -0.2) is 28.0 Å². The van der Waals surface area contributed by atoms with Crippen molar-refractivity contribution < 1.29 is 9.31 Å². The Balaban J connectivity index is 2.02. The van der Waals surface area contributed by atoms with E-state index >= 15 is 0 Å². The van der Waals surface area contributed by atoms with Crippen LogP contribution in [0.1, 0.15) is 19.8 Å². The van der Waals surface area contributed by atoms with Crippen molar-refractivity contribution in [2.75, 3.05) is 29.0 Å². The molecule has 1 aliphatic heterocycles. The highest BCUT2D eigenvalue weighted by atomic mass is 19.1. The van der Waals surface area contributed by atoms with Crippen molar-refractivity contribution >= 4 is 29.0 Å². The minimum Gasteiger partial charge on any atom is -0.378 e. The molecule has 25 heavy (non-hydrogen) atoms. The number of nitrogens with one attached hydrogen (secondary N) is 1. The largest absolute Gasteiger partial charge is 0.378 e. The van der Waals surface area contributed by atoms with E-state index in [0.717, 1.165) is 25.9 Å². The van der Waals surface area contributed by atoms with E-state index in [1.165, 1.54) is 18.2 Å². The molecule has 0 amide bonds. The van der Waals surface area contributed by atoms with Gasteiger partial charge >= 0.3 is 5.69 Å². The maximum atomic E-state index is 13.9. The molecule has 0 bridgehead atoms. The van der Waals surface area contributed by atoms with Crippen LogP contribution in [0.3, 0.4) is 0 Å². The molecule has 132 valence electrons. The predicted octanol–water partition coefficient (Wildman–Crippen LogP) is 3.09. The van der Waals surface area contributed by atoms with Crippen molar-refractivity contribution in [1.82, 2.24) is 9.97 Å². The molecule has 2 aromatic rings. The highest BCUT2D eigenvalue weighted by Crippen LogP contribution is 2.33. The van der Waals surface area contributed by atoms with Crippen molar-refractivity contribution in [2.45, 2.75) is 19.8 Å². The lowest BCUT2D eigenvalue weighted by Crippen LogP contribution is -2.35. The van der Waals surface area contributed by atoms with Crippen LogP contribution in [0, 0.1) is 21.8 Å². The Bertz CT molecular complexity index is 800. The Kier molecular flexibility index (Phi) is 4.64. The fraction of sp³-hybridized carbons (Fsp3) is 0.375. The Morgan fingerprint density at radius 1 is 1.40 bits per heavy atom. The van der Waals surface area contributed by atoms with Crippen LogP contribution >= 0.6 is 0 Å². The molecule has 3 rings (SSSR count). The fourth-order valence-corrected chi connectivity index (χ4v) is 2.93. The number of nitrogen functional groups attached to an aromatic ring is 1. The third-order valence-electron chi connectivity index (χ3n) is 4.15. The first-order valence-corrected chi connectivity index (χ1v) is 8.04. The zero-order valence-electron chi connectivity index (χ0n) is 13.8. The predicted molar refractivity (Wildman–Crippen MR) is 93.4 cm³/mol. The quantitative estimate of drug-likeness (QED) is 0.646. The van der Waals surface area contributed by atoms with Gasteiger partial charge in [0.15, 0.2) is 0 Å². The van der Waals surface area contributed by atoms with Crippen LogP contribution in [-0.2, 0) is 0 Å². The SMILES string of the molecule is C[C@H]1CCCN(c2nc(N)c([N+](=O)[O-])c(Nc3ccccc3F)n2)C1. The first-order valence-electron chi connectivity index (χ1n) is 8.04. The first-order chi connectivity index (χ1) is 12.0. The Hall–Kier alpha value is -2.97. The highest BCUT2D eigenvalue weighted by molar-refractivity contribution is 5.74. The number of nitrogens with zero attached hydrogens (tertiary/aromatic N) is 4. The second kappa shape index (κ2) is 6.88. The lowest BCUT2D eigenvalue weighted by Gasteiger charge is -2.31. The summed E-state index contributed by atoms with van der Waals surface area (Å²) in [6.45, 7) is 3.62. The number of benzene rings is 1. The van der Waals surface area contributed by atoms with Gasteiger partial charge in [-0.25, -0.2) is 4.39 Å².